The second-order valence-electron chi connectivity index (χ2n) is 5.28. The van der Waals surface area contributed by atoms with Crippen LogP contribution in [0.5, 0.6) is 0 Å². The van der Waals surface area contributed by atoms with Crippen LogP contribution in [0.4, 0.5) is 5.82 Å². The van der Waals surface area contributed by atoms with Gasteiger partial charge in [-0.1, -0.05) is 6.42 Å². The number of rotatable bonds is 1. The Kier molecular flexibility index (Phi) is 2.11. The lowest BCUT2D eigenvalue weighted by atomic mass is 10.0. The standard InChI is InChI=1S/C13H16N4O/c14-12-9-4-5-17(13(9)16-7-15-12)11-6-8-2-1-3-10(8)18-11/h4-5,7-8,10-11H,1-3,6H2,(H2,14,15,16). The van der Waals surface area contributed by atoms with Crippen molar-refractivity contribution in [3.05, 3.63) is 18.6 Å². The molecular formula is C13H16N4O. The van der Waals surface area contributed by atoms with E-state index in [4.69, 9.17) is 10.5 Å². The number of fused-ring (bicyclic) bond motifs is 2. The van der Waals surface area contributed by atoms with Gasteiger partial charge in [0.05, 0.1) is 11.5 Å². The molecule has 0 aromatic carbocycles. The zero-order valence-electron chi connectivity index (χ0n) is 10.1. The molecule has 0 amide bonds. The lowest BCUT2D eigenvalue weighted by molar-refractivity contribution is 0.00201. The molecule has 2 N–H and O–H groups in total. The van der Waals surface area contributed by atoms with Crippen LogP contribution in [0.15, 0.2) is 18.6 Å². The molecule has 0 radical (unpaired) electrons. The third-order valence-electron chi connectivity index (χ3n) is 4.28. The SMILES string of the molecule is Nc1ncnc2c1ccn2C1CC2CCCC2O1. The van der Waals surface area contributed by atoms with E-state index in [1.54, 1.807) is 0 Å². The quantitative estimate of drug-likeness (QED) is 0.834. The van der Waals surface area contributed by atoms with Gasteiger partial charge in [0.2, 0.25) is 0 Å². The van der Waals surface area contributed by atoms with Crippen molar-refractivity contribution in [2.75, 3.05) is 5.73 Å². The first kappa shape index (κ1) is 10.3. The molecule has 3 heterocycles. The van der Waals surface area contributed by atoms with Crippen molar-refractivity contribution in [3.8, 4) is 0 Å². The maximum absolute atomic E-state index is 6.14. The van der Waals surface area contributed by atoms with Crippen molar-refractivity contribution in [2.45, 2.75) is 38.0 Å². The van der Waals surface area contributed by atoms with Gasteiger partial charge >= 0.3 is 0 Å². The molecule has 2 fully saturated rings. The highest BCUT2D eigenvalue weighted by molar-refractivity contribution is 5.86. The van der Waals surface area contributed by atoms with Crippen LogP contribution in [0.25, 0.3) is 11.0 Å². The molecule has 2 aromatic rings. The van der Waals surface area contributed by atoms with Gasteiger partial charge in [-0.05, 0) is 31.2 Å². The molecule has 1 saturated heterocycles. The Morgan fingerprint density at radius 3 is 3.17 bits per heavy atom. The molecule has 3 atom stereocenters. The summed E-state index contributed by atoms with van der Waals surface area (Å²) in [6, 6.07) is 1.97. The predicted octanol–water partition coefficient (Wildman–Crippen LogP) is 2.10. The number of aromatic nitrogens is 3. The molecule has 2 aromatic heterocycles. The number of hydrogen-bond donors (Lipinski definition) is 1. The molecule has 18 heavy (non-hydrogen) atoms. The molecule has 0 spiro atoms. The largest absolute Gasteiger partial charge is 0.383 e. The van der Waals surface area contributed by atoms with Gasteiger partial charge in [0.25, 0.3) is 0 Å². The molecule has 1 aliphatic heterocycles. The molecule has 1 aliphatic carbocycles. The fraction of sp³-hybridized carbons (Fsp3) is 0.538. The minimum Gasteiger partial charge on any atom is -0.383 e. The van der Waals surface area contributed by atoms with Crippen LogP contribution >= 0.6 is 0 Å². The van der Waals surface area contributed by atoms with E-state index < -0.39 is 0 Å². The van der Waals surface area contributed by atoms with Gasteiger partial charge in [0.1, 0.15) is 24.0 Å². The van der Waals surface area contributed by atoms with Gasteiger partial charge in [-0.15, -0.1) is 0 Å². The van der Waals surface area contributed by atoms with Crippen molar-refractivity contribution in [1.29, 1.82) is 0 Å². The highest BCUT2D eigenvalue weighted by Gasteiger charge is 2.39. The Labute approximate surface area is 105 Å². The first-order chi connectivity index (χ1) is 8.83. The van der Waals surface area contributed by atoms with Crippen molar-refractivity contribution in [3.63, 3.8) is 0 Å². The van der Waals surface area contributed by atoms with Crippen LogP contribution in [0.1, 0.15) is 31.9 Å². The average Bonchev–Trinajstić information content (AvgIpc) is 3.00. The molecule has 3 unspecified atom stereocenters. The highest BCUT2D eigenvalue weighted by atomic mass is 16.5. The number of hydrogen-bond acceptors (Lipinski definition) is 4. The first-order valence-electron chi connectivity index (χ1n) is 6.55. The van der Waals surface area contributed by atoms with Gasteiger partial charge in [0.15, 0.2) is 0 Å². The number of anilines is 1. The van der Waals surface area contributed by atoms with Gasteiger partial charge in [-0.2, -0.15) is 0 Å². The fourth-order valence-electron chi connectivity index (χ4n) is 3.37. The molecule has 5 nitrogen and oxygen atoms in total. The van der Waals surface area contributed by atoms with Gasteiger partial charge in [0, 0.05) is 6.20 Å². The van der Waals surface area contributed by atoms with Crippen LogP contribution in [0.2, 0.25) is 0 Å². The minimum atomic E-state index is 0.118. The predicted molar refractivity (Wildman–Crippen MR) is 67.8 cm³/mol. The van der Waals surface area contributed by atoms with E-state index in [0.29, 0.717) is 11.9 Å². The molecule has 1 saturated carbocycles. The van der Waals surface area contributed by atoms with Crippen molar-refractivity contribution in [1.82, 2.24) is 14.5 Å². The van der Waals surface area contributed by atoms with Gasteiger partial charge < -0.3 is 15.0 Å². The molecule has 4 rings (SSSR count). The van der Waals surface area contributed by atoms with E-state index in [9.17, 15) is 0 Å². The number of nitrogens with two attached hydrogens (primary N) is 1. The summed E-state index contributed by atoms with van der Waals surface area (Å²) in [5, 5.41) is 0.915. The summed E-state index contributed by atoms with van der Waals surface area (Å²) >= 11 is 0. The Morgan fingerprint density at radius 2 is 2.28 bits per heavy atom. The fourth-order valence-corrected chi connectivity index (χ4v) is 3.37. The number of nitrogens with zero attached hydrogens (tertiary/aromatic N) is 3. The van der Waals surface area contributed by atoms with Crippen LogP contribution < -0.4 is 5.73 Å². The Morgan fingerprint density at radius 1 is 1.33 bits per heavy atom. The van der Waals surface area contributed by atoms with E-state index in [-0.39, 0.29) is 6.23 Å². The zero-order chi connectivity index (χ0) is 12.1. The average molecular weight is 244 g/mol. The van der Waals surface area contributed by atoms with Crippen LogP contribution in [0.3, 0.4) is 0 Å². The molecule has 94 valence electrons. The van der Waals surface area contributed by atoms with Gasteiger partial charge in [-0.3, -0.25) is 0 Å². The lowest BCUT2D eigenvalue weighted by Gasteiger charge is -2.15. The van der Waals surface area contributed by atoms with Crippen molar-refractivity contribution in [2.24, 2.45) is 5.92 Å². The zero-order valence-corrected chi connectivity index (χ0v) is 10.1. The third-order valence-corrected chi connectivity index (χ3v) is 4.28. The van der Waals surface area contributed by atoms with Crippen LogP contribution in [-0.4, -0.2) is 20.6 Å². The maximum Gasteiger partial charge on any atom is 0.147 e. The minimum absolute atomic E-state index is 0.118. The summed E-state index contributed by atoms with van der Waals surface area (Å²) in [4.78, 5) is 8.35. The molecular weight excluding hydrogens is 228 g/mol. The Hall–Kier alpha value is -1.62. The van der Waals surface area contributed by atoms with Crippen molar-refractivity contribution < 1.29 is 4.74 Å². The summed E-state index contributed by atoms with van der Waals surface area (Å²) in [5.74, 6) is 1.27. The van der Waals surface area contributed by atoms with Crippen LogP contribution in [-0.2, 0) is 4.74 Å². The summed E-state index contributed by atoms with van der Waals surface area (Å²) in [6.45, 7) is 0. The number of nitrogen functional groups attached to an aromatic ring is 1. The van der Waals surface area contributed by atoms with E-state index in [1.807, 2.05) is 12.3 Å². The first-order valence-corrected chi connectivity index (χ1v) is 6.55. The normalized spacial score (nSPS) is 31.0. The number of ether oxygens (including phenoxy) is 1. The molecule has 5 heteroatoms. The van der Waals surface area contributed by atoms with Crippen LogP contribution in [0, 0.1) is 5.92 Å². The van der Waals surface area contributed by atoms with Crippen molar-refractivity contribution >= 4 is 16.9 Å². The second kappa shape index (κ2) is 3.68. The Bertz CT molecular complexity index is 582. The smallest absolute Gasteiger partial charge is 0.147 e. The molecule has 2 aliphatic rings. The highest BCUT2D eigenvalue weighted by Crippen LogP contribution is 2.43. The van der Waals surface area contributed by atoms with E-state index in [0.717, 1.165) is 23.4 Å². The van der Waals surface area contributed by atoms with E-state index >= 15 is 0 Å². The topological polar surface area (TPSA) is 66.0 Å². The third kappa shape index (κ3) is 1.37. The Balaban J connectivity index is 1.73. The summed E-state index contributed by atoms with van der Waals surface area (Å²) in [6.07, 6.45) is 9.01. The molecule has 0 bridgehead atoms. The monoisotopic (exact) mass is 244 g/mol. The lowest BCUT2D eigenvalue weighted by Crippen LogP contribution is -2.10. The summed E-state index contributed by atoms with van der Waals surface area (Å²) in [5.41, 5.74) is 6.74. The summed E-state index contributed by atoms with van der Waals surface area (Å²) < 4.78 is 8.24. The summed E-state index contributed by atoms with van der Waals surface area (Å²) in [7, 11) is 0. The second-order valence-corrected chi connectivity index (χ2v) is 5.28. The maximum atomic E-state index is 6.14. The van der Waals surface area contributed by atoms with Gasteiger partial charge in [-0.25, -0.2) is 9.97 Å². The van der Waals surface area contributed by atoms with E-state index in [2.05, 4.69) is 14.5 Å². The van der Waals surface area contributed by atoms with E-state index in [1.165, 1.54) is 25.6 Å².